The van der Waals surface area contributed by atoms with Crippen molar-refractivity contribution in [1.29, 1.82) is 0 Å². The summed E-state index contributed by atoms with van der Waals surface area (Å²) in [6, 6.07) is 3.88. The first-order valence-electron chi connectivity index (χ1n) is 4.77. The molecule has 0 unspecified atom stereocenters. The highest BCUT2D eigenvalue weighted by atomic mass is 35.5. The maximum Gasteiger partial charge on any atom is 0.341 e. The number of hydrogen-bond acceptors (Lipinski definition) is 2. The molecule has 0 fully saturated rings. The van der Waals surface area contributed by atoms with E-state index in [-0.39, 0.29) is 10.6 Å². The van der Waals surface area contributed by atoms with Gasteiger partial charge in [-0.2, -0.15) is 0 Å². The molecule has 0 aromatic heterocycles. The molecule has 1 aromatic carbocycles. The van der Waals surface area contributed by atoms with E-state index in [1.54, 1.807) is 0 Å². The Hall–Kier alpha value is -1.09. The Balaban J connectivity index is 2.65. The van der Waals surface area contributed by atoms with Crippen LogP contribution in [0.5, 0.6) is 0 Å². The largest absolute Gasteiger partial charge is 0.462 e. The Bertz CT molecular complexity index is 352. The number of esters is 1. The fourth-order valence-corrected chi connectivity index (χ4v) is 1.20. The standard InChI is InChI=1S/C11H12ClFO2/c1-2-3-6-15-11(14)9-5-4-8(12)7-10(9)13/h4-5,7H,2-3,6H2,1H3. The number of unbranched alkanes of at least 4 members (excludes halogenated alkanes) is 1. The van der Waals surface area contributed by atoms with Crippen molar-refractivity contribution in [1.82, 2.24) is 0 Å². The summed E-state index contributed by atoms with van der Waals surface area (Å²) in [6.45, 7) is 2.30. The van der Waals surface area contributed by atoms with E-state index in [0.29, 0.717) is 6.61 Å². The highest BCUT2D eigenvalue weighted by Crippen LogP contribution is 2.15. The maximum atomic E-state index is 13.2. The van der Waals surface area contributed by atoms with Gasteiger partial charge in [0, 0.05) is 5.02 Å². The van der Waals surface area contributed by atoms with Crippen molar-refractivity contribution in [2.75, 3.05) is 6.61 Å². The van der Waals surface area contributed by atoms with Crippen LogP contribution < -0.4 is 0 Å². The Labute approximate surface area is 93.0 Å². The van der Waals surface area contributed by atoms with Crippen molar-refractivity contribution < 1.29 is 13.9 Å². The average Bonchev–Trinajstić information content (AvgIpc) is 2.17. The fraction of sp³-hybridized carbons (Fsp3) is 0.364. The van der Waals surface area contributed by atoms with E-state index >= 15 is 0 Å². The molecule has 4 heteroatoms. The number of carbonyl (C=O) groups is 1. The number of carbonyl (C=O) groups excluding carboxylic acids is 1. The lowest BCUT2D eigenvalue weighted by Crippen LogP contribution is -2.08. The highest BCUT2D eigenvalue weighted by Gasteiger charge is 2.12. The Morgan fingerprint density at radius 3 is 2.87 bits per heavy atom. The number of rotatable bonds is 4. The summed E-state index contributed by atoms with van der Waals surface area (Å²) in [5.74, 6) is -1.29. The zero-order valence-electron chi connectivity index (χ0n) is 8.43. The molecule has 1 rings (SSSR count). The quantitative estimate of drug-likeness (QED) is 0.585. The van der Waals surface area contributed by atoms with Gasteiger partial charge >= 0.3 is 5.97 Å². The summed E-state index contributed by atoms with van der Waals surface area (Å²) < 4.78 is 18.1. The summed E-state index contributed by atoms with van der Waals surface area (Å²) >= 11 is 5.56. The number of hydrogen-bond donors (Lipinski definition) is 0. The van der Waals surface area contributed by atoms with Gasteiger partial charge in [0.05, 0.1) is 12.2 Å². The topological polar surface area (TPSA) is 26.3 Å². The molecule has 0 aliphatic rings. The molecule has 0 heterocycles. The van der Waals surface area contributed by atoms with Gasteiger partial charge in [-0.1, -0.05) is 24.9 Å². The van der Waals surface area contributed by atoms with Gasteiger partial charge in [-0.05, 0) is 24.6 Å². The summed E-state index contributed by atoms with van der Waals surface area (Å²) in [5.41, 5.74) is -0.0736. The SMILES string of the molecule is CCCCOC(=O)c1ccc(Cl)cc1F. The van der Waals surface area contributed by atoms with Crippen LogP contribution in [-0.4, -0.2) is 12.6 Å². The second-order valence-corrected chi connectivity index (χ2v) is 3.55. The van der Waals surface area contributed by atoms with Gasteiger partial charge in [-0.3, -0.25) is 0 Å². The minimum absolute atomic E-state index is 0.0736. The first-order chi connectivity index (χ1) is 7.15. The molecule has 2 nitrogen and oxygen atoms in total. The molecule has 0 saturated carbocycles. The van der Waals surface area contributed by atoms with Gasteiger partial charge in [0.2, 0.25) is 0 Å². The summed E-state index contributed by atoms with van der Waals surface area (Å²) in [4.78, 5) is 11.3. The molecule has 0 aliphatic heterocycles. The zero-order valence-corrected chi connectivity index (χ0v) is 9.18. The predicted octanol–water partition coefficient (Wildman–Crippen LogP) is 3.44. The second kappa shape index (κ2) is 5.71. The molecule has 0 atom stereocenters. The third kappa shape index (κ3) is 3.51. The zero-order chi connectivity index (χ0) is 11.3. The monoisotopic (exact) mass is 230 g/mol. The Morgan fingerprint density at radius 1 is 1.53 bits per heavy atom. The van der Waals surface area contributed by atoms with Crippen molar-refractivity contribution in [2.45, 2.75) is 19.8 Å². The van der Waals surface area contributed by atoms with Crippen molar-refractivity contribution in [2.24, 2.45) is 0 Å². The predicted molar refractivity (Wildman–Crippen MR) is 56.6 cm³/mol. The van der Waals surface area contributed by atoms with E-state index in [9.17, 15) is 9.18 Å². The summed E-state index contributed by atoms with van der Waals surface area (Å²) in [6.07, 6.45) is 1.71. The van der Waals surface area contributed by atoms with Crippen LogP contribution in [0.2, 0.25) is 5.02 Å². The van der Waals surface area contributed by atoms with Crippen molar-refractivity contribution in [3.8, 4) is 0 Å². The van der Waals surface area contributed by atoms with Crippen LogP contribution in [0.3, 0.4) is 0 Å². The molecule has 1 aromatic rings. The molecular weight excluding hydrogens is 219 g/mol. The molecular formula is C11H12ClFO2. The molecule has 0 N–H and O–H groups in total. The average molecular weight is 231 g/mol. The number of halogens is 2. The molecule has 0 saturated heterocycles. The van der Waals surface area contributed by atoms with Gasteiger partial charge in [0.1, 0.15) is 5.82 Å². The summed E-state index contributed by atoms with van der Waals surface area (Å²) in [7, 11) is 0. The van der Waals surface area contributed by atoms with E-state index in [2.05, 4.69) is 0 Å². The number of benzene rings is 1. The lowest BCUT2D eigenvalue weighted by atomic mass is 10.2. The van der Waals surface area contributed by atoms with Crippen LogP contribution >= 0.6 is 11.6 Å². The summed E-state index contributed by atoms with van der Waals surface area (Å²) in [5, 5.41) is 0.262. The minimum atomic E-state index is -0.649. The lowest BCUT2D eigenvalue weighted by molar-refractivity contribution is 0.0494. The van der Waals surface area contributed by atoms with Crippen molar-refractivity contribution >= 4 is 17.6 Å². The molecule has 0 aliphatic carbocycles. The third-order valence-corrected chi connectivity index (χ3v) is 2.12. The van der Waals surface area contributed by atoms with Gasteiger partial charge in [-0.15, -0.1) is 0 Å². The lowest BCUT2D eigenvalue weighted by Gasteiger charge is -2.04. The van der Waals surface area contributed by atoms with E-state index in [1.165, 1.54) is 12.1 Å². The Kier molecular flexibility index (Phi) is 4.56. The van der Waals surface area contributed by atoms with Crippen LogP contribution in [0.4, 0.5) is 4.39 Å². The van der Waals surface area contributed by atoms with E-state index in [0.717, 1.165) is 18.9 Å². The molecule has 0 amide bonds. The van der Waals surface area contributed by atoms with Gasteiger partial charge in [-0.25, -0.2) is 9.18 Å². The van der Waals surface area contributed by atoms with E-state index < -0.39 is 11.8 Å². The maximum absolute atomic E-state index is 13.2. The van der Waals surface area contributed by atoms with Crippen molar-refractivity contribution in [3.05, 3.63) is 34.6 Å². The molecule has 0 bridgehead atoms. The van der Waals surface area contributed by atoms with E-state index in [1.807, 2.05) is 6.92 Å². The molecule has 82 valence electrons. The highest BCUT2D eigenvalue weighted by molar-refractivity contribution is 6.30. The number of ether oxygens (including phenoxy) is 1. The first kappa shape index (κ1) is 12.0. The van der Waals surface area contributed by atoms with Crippen LogP contribution in [0.1, 0.15) is 30.1 Å². The van der Waals surface area contributed by atoms with Crippen LogP contribution in [0, 0.1) is 5.82 Å². The van der Waals surface area contributed by atoms with Gasteiger partial charge in [0.15, 0.2) is 0 Å². The van der Waals surface area contributed by atoms with Crippen molar-refractivity contribution in [3.63, 3.8) is 0 Å². The fourth-order valence-electron chi connectivity index (χ4n) is 1.04. The normalized spacial score (nSPS) is 10.1. The van der Waals surface area contributed by atoms with Gasteiger partial charge < -0.3 is 4.74 Å². The van der Waals surface area contributed by atoms with Crippen LogP contribution in [0.15, 0.2) is 18.2 Å². The van der Waals surface area contributed by atoms with Gasteiger partial charge in [0.25, 0.3) is 0 Å². The minimum Gasteiger partial charge on any atom is -0.462 e. The van der Waals surface area contributed by atoms with Crippen LogP contribution in [-0.2, 0) is 4.74 Å². The first-order valence-corrected chi connectivity index (χ1v) is 5.15. The third-order valence-electron chi connectivity index (χ3n) is 1.88. The van der Waals surface area contributed by atoms with Crippen LogP contribution in [0.25, 0.3) is 0 Å². The van der Waals surface area contributed by atoms with E-state index in [4.69, 9.17) is 16.3 Å². The second-order valence-electron chi connectivity index (χ2n) is 3.11. The molecule has 0 radical (unpaired) electrons. The smallest absolute Gasteiger partial charge is 0.341 e. The molecule has 0 spiro atoms. The molecule has 15 heavy (non-hydrogen) atoms. The Morgan fingerprint density at radius 2 is 2.27 bits per heavy atom.